The Kier molecular flexibility index (Phi) is 4.71. The Labute approximate surface area is 173 Å². The average Bonchev–Trinajstić information content (AvgIpc) is 3.13. The topological polar surface area (TPSA) is 58.6 Å². The maximum Gasteiger partial charge on any atom is 0.240 e. The van der Waals surface area contributed by atoms with Gasteiger partial charge >= 0.3 is 0 Å². The Bertz CT molecular complexity index is 1240. The fourth-order valence-corrected chi connectivity index (χ4v) is 4.14. The number of hydrogen-bond acceptors (Lipinski definition) is 3. The maximum absolute atomic E-state index is 14.2. The second-order valence-electron chi connectivity index (χ2n) is 7.65. The van der Waals surface area contributed by atoms with Crippen LogP contribution in [0, 0.1) is 11.9 Å². The first kappa shape index (κ1) is 18.4. The Balaban J connectivity index is 1.80. The molecule has 0 saturated heterocycles. The predicted octanol–water partition coefficient (Wildman–Crippen LogP) is 5.67. The summed E-state index contributed by atoms with van der Waals surface area (Å²) in [5, 5.41) is 6.88. The first-order valence-corrected chi connectivity index (χ1v) is 10.1. The van der Waals surface area contributed by atoms with Crippen LogP contribution in [0.5, 0.6) is 0 Å². The van der Waals surface area contributed by atoms with Crippen molar-refractivity contribution in [2.24, 2.45) is 5.92 Å². The van der Waals surface area contributed by atoms with Crippen molar-refractivity contribution in [2.75, 3.05) is 0 Å². The number of carbonyl (C=O) groups is 1. The van der Waals surface area contributed by atoms with Gasteiger partial charge in [-0.2, -0.15) is 4.39 Å². The van der Waals surface area contributed by atoms with Gasteiger partial charge in [-0.05, 0) is 59.2 Å². The van der Waals surface area contributed by atoms with Crippen LogP contribution < -0.4 is 0 Å². The van der Waals surface area contributed by atoms with Crippen molar-refractivity contribution in [3.05, 3.63) is 95.2 Å². The monoisotopic (exact) mass is 397 g/mol. The minimum Gasteiger partial charge on any atom is -0.296 e. The Morgan fingerprint density at radius 2 is 1.80 bits per heavy atom. The molecule has 2 aromatic carbocycles. The molecule has 0 aliphatic heterocycles. The zero-order valence-electron chi connectivity index (χ0n) is 16.3. The first-order chi connectivity index (χ1) is 14.7. The summed E-state index contributed by atoms with van der Waals surface area (Å²) in [6.45, 7) is 0. The molecule has 0 radical (unpaired) electrons. The summed E-state index contributed by atoms with van der Waals surface area (Å²) in [4.78, 5) is 15.4. The van der Waals surface area contributed by atoms with Gasteiger partial charge in [0.15, 0.2) is 6.29 Å². The van der Waals surface area contributed by atoms with E-state index in [1.165, 1.54) is 12.0 Å². The molecule has 1 aliphatic rings. The van der Waals surface area contributed by atoms with E-state index >= 15 is 0 Å². The molecule has 5 rings (SSSR count). The molecule has 1 fully saturated rings. The summed E-state index contributed by atoms with van der Waals surface area (Å²) in [5.74, 6) is -0.0800. The zero-order chi connectivity index (χ0) is 20.5. The van der Waals surface area contributed by atoms with E-state index in [-0.39, 0.29) is 0 Å². The van der Waals surface area contributed by atoms with Gasteiger partial charge in [0, 0.05) is 11.8 Å². The summed E-state index contributed by atoms with van der Waals surface area (Å²) >= 11 is 0. The van der Waals surface area contributed by atoms with Crippen molar-refractivity contribution in [3.63, 3.8) is 0 Å². The Hall–Kier alpha value is -3.60. The standard InChI is InChI=1S/C25H20FN3O/c26-25-21-13-18(10-12-22(21)28-29-25)24(19-9-11-20(15-30)27-14-19)23(17-7-4-8-17)16-5-2-1-3-6-16/h1-3,5-6,9-15,17H,4,7-8H2,(H,28,29). The first-order valence-electron chi connectivity index (χ1n) is 10.1. The third kappa shape index (κ3) is 3.22. The largest absolute Gasteiger partial charge is 0.296 e. The molecular formula is C25H20FN3O. The summed E-state index contributed by atoms with van der Waals surface area (Å²) in [7, 11) is 0. The van der Waals surface area contributed by atoms with Crippen molar-refractivity contribution in [1.82, 2.24) is 15.2 Å². The molecule has 30 heavy (non-hydrogen) atoms. The summed E-state index contributed by atoms with van der Waals surface area (Å²) in [6.07, 6.45) is 5.92. The lowest BCUT2D eigenvalue weighted by Gasteiger charge is -2.31. The van der Waals surface area contributed by atoms with E-state index in [2.05, 4.69) is 27.3 Å². The van der Waals surface area contributed by atoms with Gasteiger partial charge in [-0.25, -0.2) is 0 Å². The quantitative estimate of drug-likeness (QED) is 0.349. The highest BCUT2D eigenvalue weighted by Crippen LogP contribution is 2.45. The number of nitrogens with one attached hydrogen (secondary N) is 1. The number of aromatic amines is 1. The lowest BCUT2D eigenvalue weighted by atomic mass is 9.73. The van der Waals surface area contributed by atoms with Crippen molar-refractivity contribution < 1.29 is 9.18 Å². The van der Waals surface area contributed by atoms with E-state index < -0.39 is 5.95 Å². The normalized spacial score (nSPS) is 15.0. The van der Waals surface area contributed by atoms with Crippen LogP contribution >= 0.6 is 0 Å². The molecule has 2 heterocycles. The number of nitrogens with zero attached hydrogens (tertiary/aromatic N) is 2. The SMILES string of the molecule is O=Cc1ccc(C(=C(c2ccccc2)C2CCC2)c2ccc3[nH]nc(F)c3c2)cn1. The van der Waals surface area contributed by atoms with Crippen molar-refractivity contribution in [3.8, 4) is 0 Å². The van der Waals surface area contributed by atoms with Crippen LogP contribution in [0.1, 0.15) is 46.4 Å². The number of pyridine rings is 1. The minimum atomic E-state index is -0.509. The number of allylic oxidation sites excluding steroid dienone is 1. The lowest BCUT2D eigenvalue weighted by molar-refractivity contribution is 0.111. The summed E-state index contributed by atoms with van der Waals surface area (Å²) in [5.41, 5.74) is 6.30. The number of aldehydes is 1. The lowest BCUT2D eigenvalue weighted by Crippen LogP contribution is -2.15. The summed E-state index contributed by atoms with van der Waals surface area (Å²) in [6, 6.07) is 19.7. The van der Waals surface area contributed by atoms with Crippen LogP contribution in [-0.2, 0) is 0 Å². The van der Waals surface area contributed by atoms with E-state index in [0.29, 0.717) is 22.5 Å². The van der Waals surface area contributed by atoms with Crippen LogP contribution in [0.3, 0.4) is 0 Å². The zero-order valence-corrected chi connectivity index (χ0v) is 16.3. The van der Waals surface area contributed by atoms with Gasteiger partial charge in [-0.1, -0.05) is 48.9 Å². The molecule has 1 aliphatic carbocycles. The molecule has 0 atom stereocenters. The molecule has 1 N–H and O–H groups in total. The van der Waals surface area contributed by atoms with Gasteiger partial charge in [0.2, 0.25) is 5.95 Å². The smallest absolute Gasteiger partial charge is 0.240 e. The van der Waals surface area contributed by atoms with Gasteiger partial charge in [-0.3, -0.25) is 14.9 Å². The van der Waals surface area contributed by atoms with Crippen molar-refractivity contribution in [2.45, 2.75) is 19.3 Å². The highest BCUT2D eigenvalue weighted by Gasteiger charge is 2.27. The van der Waals surface area contributed by atoms with Crippen LogP contribution in [0.2, 0.25) is 0 Å². The third-order valence-electron chi connectivity index (χ3n) is 5.87. The molecule has 1 saturated carbocycles. The van der Waals surface area contributed by atoms with Gasteiger partial charge in [-0.15, -0.1) is 5.10 Å². The Morgan fingerprint density at radius 3 is 2.47 bits per heavy atom. The van der Waals surface area contributed by atoms with Gasteiger partial charge in [0.05, 0.1) is 10.9 Å². The number of halogens is 1. The van der Waals surface area contributed by atoms with Gasteiger partial charge in [0.25, 0.3) is 0 Å². The average molecular weight is 397 g/mol. The summed E-state index contributed by atoms with van der Waals surface area (Å²) < 4.78 is 14.2. The van der Waals surface area contributed by atoms with E-state index in [9.17, 15) is 9.18 Å². The number of fused-ring (bicyclic) bond motifs is 1. The van der Waals surface area contributed by atoms with E-state index in [4.69, 9.17) is 0 Å². The Morgan fingerprint density at radius 1 is 1.00 bits per heavy atom. The number of benzene rings is 2. The number of carbonyl (C=O) groups excluding carboxylic acids is 1. The molecule has 0 bridgehead atoms. The molecule has 4 nitrogen and oxygen atoms in total. The van der Waals surface area contributed by atoms with Crippen LogP contribution in [0.4, 0.5) is 4.39 Å². The number of aromatic nitrogens is 3. The fourth-order valence-electron chi connectivity index (χ4n) is 4.14. The van der Waals surface area contributed by atoms with E-state index in [0.717, 1.165) is 41.4 Å². The molecule has 148 valence electrons. The molecule has 5 heteroatoms. The minimum absolute atomic E-state index is 0.388. The van der Waals surface area contributed by atoms with Gasteiger partial charge in [0.1, 0.15) is 5.69 Å². The highest BCUT2D eigenvalue weighted by molar-refractivity contribution is 6.01. The molecule has 0 spiro atoms. The molecule has 2 aromatic heterocycles. The second kappa shape index (κ2) is 7.67. The third-order valence-corrected chi connectivity index (χ3v) is 5.87. The van der Waals surface area contributed by atoms with Crippen LogP contribution in [0.25, 0.3) is 22.0 Å². The maximum atomic E-state index is 14.2. The fraction of sp³-hybridized carbons (Fsp3) is 0.160. The highest BCUT2D eigenvalue weighted by atomic mass is 19.1. The predicted molar refractivity (Wildman–Crippen MR) is 115 cm³/mol. The molecule has 4 aromatic rings. The molecule has 0 amide bonds. The second-order valence-corrected chi connectivity index (χ2v) is 7.65. The number of H-pyrrole nitrogens is 1. The van der Waals surface area contributed by atoms with Crippen LogP contribution in [-0.4, -0.2) is 21.5 Å². The van der Waals surface area contributed by atoms with Crippen molar-refractivity contribution >= 4 is 28.3 Å². The van der Waals surface area contributed by atoms with Crippen molar-refractivity contribution in [1.29, 1.82) is 0 Å². The number of hydrogen-bond donors (Lipinski definition) is 1. The molecular weight excluding hydrogens is 377 g/mol. The number of rotatable bonds is 5. The molecule has 0 unspecified atom stereocenters. The van der Waals surface area contributed by atoms with E-state index in [1.54, 1.807) is 12.3 Å². The van der Waals surface area contributed by atoms with E-state index in [1.807, 2.05) is 42.5 Å². The van der Waals surface area contributed by atoms with Crippen LogP contribution in [0.15, 0.2) is 66.9 Å². The van der Waals surface area contributed by atoms with Gasteiger partial charge < -0.3 is 0 Å².